The number of ketones is 1. The second-order valence-corrected chi connectivity index (χ2v) is 9.38. The Morgan fingerprint density at radius 2 is 1.72 bits per heavy atom. The molecule has 0 amide bonds. The van der Waals surface area contributed by atoms with Crippen LogP contribution in [0.15, 0.2) is 0 Å². The van der Waals surface area contributed by atoms with Crippen LogP contribution in [0.1, 0.15) is 47.0 Å². The third-order valence-corrected chi connectivity index (χ3v) is 9.83. The monoisotopic (exact) mass is 376 g/mol. The van der Waals surface area contributed by atoms with E-state index in [0.717, 1.165) is 0 Å². The molecule has 0 N–H and O–H groups in total. The summed E-state index contributed by atoms with van der Waals surface area (Å²) in [6.07, 6.45) is 3.72. The van der Waals surface area contributed by atoms with Crippen LogP contribution in [0.5, 0.6) is 0 Å². The second kappa shape index (κ2) is 3.63. The lowest BCUT2D eigenvalue weighted by Crippen LogP contribution is -2.66. The van der Waals surface area contributed by atoms with Crippen LogP contribution < -0.4 is 0 Å². The molecule has 18 heavy (non-hydrogen) atoms. The average Bonchev–Trinajstić information content (AvgIpc) is 2.42. The van der Waals surface area contributed by atoms with Crippen LogP contribution in [-0.4, -0.2) is 15.4 Å². The maximum atomic E-state index is 12.6. The zero-order valence-corrected chi connectivity index (χ0v) is 14.8. The van der Waals surface area contributed by atoms with Crippen LogP contribution in [0.25, 0.3) is 0 Å². The van der Waals surface area contributed by atoms with Crippen molar-refractivity contribution in [2.75, 3.05) is 0 Å². The Bertz CT molecular complexity index is 423. The Morgan fingerprint density at radius 3 is 2.22 bits per heavy atom. The Balaban J connectivity index is 2.18. The molecule has 1 spiro atoms. The van der Waals surface area contributed by atoms with Gasteiger partial charge in [0.15, 0.2) is 0 Å². The first kappa shape index (κ1) is 13.6. The summed E-state index contributed by atoms with van der Waals surface area (Å²) in [5, 5.41) is 0. The maximum absolute atomic E-state index is 12.6. The van der Waals surface area contributed by atoms with Crippen molar-refractivity contribution in [3.8, 4) is 0 Å². The summed E-state index contributed by atoms with van der Waals surface area (Å²) in [6.45, 7) is 9.30. The van der Waals surface area contributed by atoms with Gasteiger partial charge in [0, 0.05) is 10.7 Å². The van der Waals surface area contributed by atoms with Gasteiger partial charge in [-0.2, -0.15) is 0 Å². The molecule has 0 unspecified atom stereocenters. The van der Waals surface area contributed by atoms with Crippen molar-refractivity contribution in [2.24, 2.45) is 28.1 Å². The third kappa shape index (κ3) is 1.11. The molecule has 0 saturated heterocycles. The highest BCUT2D eigenvalue weighted by atomic mass is 79.9. The first-order valence-corrected chi connectivity index (χ1v) is 8.87. The van der Waals surface area contributed by atoms with Crippen molar-refractivity contribution < 1.29 is 4.79 Å². The second-order valence-electron chi connectivity index (χ2n) is 7.29. The van der Waals surface area contributed by atoms with E-state index in [-0.39, 0.29) is 21.6 Å². The Labute approximate surface area is 127 Å². The molecule has 0 aromatic heterocycles. The van der Waals surface area contributed by atoms with Crippen molar-refractivity contribution >= 4 is 37.6 Å². The first-order valence-electron chi connectivity index (χ1n) is 7.04. The molecular weight excluding hydrogens is 356 g/mol. The van der Waals surface area contributed by atoms with Crippen molar-refractivity contribution in [2.45, 2.75) is 56.6 Å². The number of halogens is 2. The standard InChI is InChI=1S/C15H22Br2O/c1-8-11(17)12(18)9(2)15-6-5-13(15,3)10(16)7-14(8,15)4/h8-11H,5-7H2,1-4H3/t8-,9-,10-,11-,13+,14+,15-/m1/s1. The Kier molecular flexibility index (Phi) is 2.75. The summed E-state index contributed by atoms with van der Waals surface area (Å²) in [6, 6.07) is 0. The van der Waals surface area contributed by atoms with Gasteiger partial charge in [-0.1, -0.05) is 59.6 Å². The summed E-state index contributed by atoms with van der Waals surface area (Å²) < 4.78 is 0. The van der Waals surface area contributed by atoms with Gasteiger partial charge in [-0.3, -0.25) is 4.79 Å². The van der Waals surface area contributed by atoms with E-state index in [4.69, 9.17) is 0 Å². The molecule has 0 aromatic rings. The summed E-state index contributed by atoms with van der Waals surface area (Å²) >= 11 is 7.61. The number of alkyl halides is 2. The van der Waals surface area contributed by atoms with Gasteiger partial charge in [0.1, 0.15) is 5.78 Å². The normalized spacial score (nSPS) is 63.1. The summed E-state index contributed by atoms with van der Waals surface area (Å²) in [5.74, 6) is 1.07. The van der Waals surface area contributed by atoms with Gasteiger partial charge < -0.3 is 0 Å². The SMILES string of the molecule is C[C@@H]1C(=O)[C@H](Br)[C@@H](C)[C@]2(C)C[C@@H](Br)[C@]3(C)CC[C@@]132. The van der Waals surface area contributed by atoms with E-state index in [1.807, 2.05) is 0 Å². The number of hydrogen-bond donors (Lipinski definition) is 0. The van der Waals surface area contributed by atoms with E-state index in [1.54, 1.807) is 0 Å². The smallest absolute Gasteiger partial charge is 0.150 e. The topological polar surface area (TPSA) is 17.1 Å². The maximum Gasteiger partial charge on any atom is 0.150 e. The highest BCUT2D eigenvalue weighted by molar-refractivity contribution is 9.10. The van der Waals surface area contributed by atoms with Gasteiger partial charge in [0.2, 0.25) is 0 Å². The minimum atomic E-state index is 0.0470. The third-order valence-electron chi connectivity index (χ3n) is 7.25. The van der Waals surface area contributed by atoms with Crippen LogP contribution in [0.3, 0.4) is 0 Å². The van der Waals surface area contributed by atoms with Gasteiger partial charge in [-0.15, -0.1) is 0 Å². The van der Waals surface area contributed by atoms with Gasteiger partial charge in [0.05, 0.1) is 4.83 Å². The molecule has 0 aromatic carbocycles. The molecular formula is C15H22Br2O. The fourth-order valence-electron chi connectivity index (χ4n) is 5.79. The Hall–Kier alpha value is 0.630. The largest absolute Gasteiger partial charge is 0.298 e. The minimum Gasteiger partial charge on any atom is -0.298 e. The first-order chi connectivity index (χ1) is 8.22. The van der Waals surface area contributed by atoms with E-state index in [0.29, 0.717) is 21.9 Å². The van der Waals surface area contributed by atoms with Crippen molar-refractivity contribution in [1.29, 1.82) is 0 Å². The van der Waals surface area contributed by atoms with E-state index in [2.05, 4.69) is 59.6 Å². The average molecular weight is 378 g/mol. The van der Waals surface area contributed by atoms with Gasteiger partial charge in [-0.05, 0) is 41.4 Å². The minimum absolute atomic E-state index is 0.0470. The predicted octanol–water partition coefficient (Wildman–Crippen LogP) is 4.56. The number of carbonyl (C=O) groups is 1. The Morgan fingerprint density at radius 1 is 1.11 bits per heavy atom. The summed E-state index contributed by atoms with van der Waals surface area (Å²) in [4.78, 5) is 13.2. The fourth-order valence-corrected chi connectivity index (χ4v) is 8.08. The molecule has 3 aliphatic rings. The van der Waals surface area contributed by atoms with Gasteiger partial charge >= 0.3 is 0 Å². The molecule has 102 valence electrons. The summed E-state index contributed by atoms with van der Waals surface area (Å²) in [5.41, 5.74) is 0.836. The van der Waals surface area contributed by atoms with Crippen LogP contribution in [-0.2, 0) is 4.79 Å². The van der Waals surface area contributed by atoms with E-state index in [9.17, 15) is 4.79 Å². The number of rotatable bonds is 0. The number of carbonyl (C=O) groups excluding carboxylic acids is 1. The quantitative estimate of drug-likeness (QED) is 0.565. The molecule has 3 saturated carbocycles. The molecule has 0 radical (unpaired) electrons. The van der Waals surface area contributed by atoms with Crippen molar-refractivity contribution in [1.82, 2.24) is 0 Å². The molecule has 3 aliphatic carbocycles. The van der Waals surface area contributed by atoms with Crippen molar-refractivity contribution in [3.63, 3.8) is 0 Å². The lowest BCUT2D eigenvalue weighted by molar-refractivity contribution is -0.189. The zero-order valence-electron chi connectivity index (χ0n) is 11.6. The number of hydrogen-bond acceptors (Lipinski definition) is 1. The lowest BCUT2D eigenvalue weighted by Gasteiger charge is -2.67. The highest BCUT2D eigenvalue weighted by Gasteiger charge is 2.77. The molecule has 3 rings (SSSR count). The van der Waals surface area contributed by atoms with E-state index in [1.165, 1.54) is 19.3 Å². The molecule has 0 aliphatic heterocycles. The van der Waals surface area contributed by atoms with Crippen molar-refractivity contribution in [3.05, 3.63) is 0 Å². The molecule has 3 fully saturated rings. The van der Waals surface area contributed by atoms with Crippen LogP contribution in [0.2, 0.25) is 0 Å². The van der Waals surface area contributed by atoms with Crippen LogP contribution in [0, 0.1) is 28.1 Å². The number of Topliss-reactive ketones (excluding diaryl/α,β-unsaturated/α-hetero) is 1. The van der Waals surface area contributed by atoms with Crippen LogP contribution >= 0.6 is 31.9 Å². The summed E-state index contributed by atoms with van der Waals surface area (Å²) in [7, 11) is 0. The molecule has 1 nitrogen and oxygen atoms in total. The zero-order chi connectivity index (χ0) is 13.5. The van der Waals surface area contributed by atoms with Gasteiger partial charge in [-0.25, -0.2) is 0 Å². The predicted molar refractivity (Wildman–Crippen MR) is 81.3 cm³/mol. The van der Waals surface area contributed by atoms with E-state index < -0.39 is 0 Å². The van der Waals surface area contributed by atoms with Gasteiger partial charge in [0.25, 0.3) is 0 Å². The molecule has 0 bridgehead atoms. The van der Waals surface area contributed by atoms with E-state index >= 15 is 0 Å². The lowest BCUT2D eigenvalue weighted by atomic mass is 9.37. The fraction of sp³-hybridized carbons (Fsp3) is 0.933. The molecule has 7 atom stereocenters. The molecule has 0 heterocycles. The van der Waals surface area contributed by atoms with Crippen LogP contribution in [0.4, 0.5) is 0 Å². The highest BCUT2D eigenvalue weighted by Crippen LogP contribution is 2.81. The molecule has 3 heteroatoms.